The zero-order chi connectivity index (χ0) is 21.1. The Balaban J connectivity index is 1.55. The van der Waals surface area contributed by atoms with Crippen LogP contribution in [-0.2, 0) is 25.7 Å². The van der Waals surface area contributed by atoms with Crippen molar-refractivity contribution < 1.29 is 36.7 Å². The number of amides is 2. The first-order chi connectivity index (χ1) is 13.8. The third-order valence-electron chi connectivity index (χ3n) is 4.43. The number of carbonyl (C=O) groups excluding carboxylic acids is 3. The summed E-state index contributed by atoms with van der Waals surface area (Å²) in [7, 11) is 0. The van der Waals surface area contributed by atoms with Crippen molar-refractivity contribution in [3.63, 3.8) is 0 Å². The maximum atomic E-state index is 13.6. The first kappa shape index (κ1) is 20.4. The number of nitrogens with zero attached hydrogens (tertiary/aromatic N) is 1. The maximum Gasteiger partial charge on any atom is 0.312 e. The molecule has 0 spiro atoms. The number of esters is 1. The van der Waals surface area contributed by atoms with E-state index < -0.39 is 47.0 Å². The number of rotatable bonds is 6. The molecule has 2 atom stereocenters. The number of likely N-dealkylation sites (tertiary alicyclic amines) is 1. The molecule has 3 rings (SSSR count). The fourth-order valence-electron chi connectivity index (χ4n) is 2.85. The van der Waals surface area contributed by atoms with Crippen LogP contribution in [0.25, 0.3) is 0 Å². The van der Waals surface area contributed by atoms with Crippen molar-refractivity contribution in [3.05, 3.63) is 53.7 Å². The SMILES string of the molecule is C[C@H](OC(=O)[C@H]1CC(=O)N(Cc2ccco2)C1)C(=O)Nc1ccc(F)c(F)c1F. The van der Waals surface area contributed by atoms with E-state index in [0.29, 0.717) is 11.8 Å². The summed E-state index contributed by atoms with van der Waals surface area (Å²) in [6.45, 7) is 1.55. The summed E-state index contributed by atoms with van der Waals surface area (Å²) in [4.78, 5) is 37.9. The molecule has 1 fully saturated rings. The van der Waals surface area contributed by atoms with E-state index in [1.807, 2.05) is 5.32 Å². The Morgan fingerprint density at radius 2 is 2.03 bits per heavy atom. The summed E-state index contributed by atoms with van der Waals surface area (Å²) in [5, 5.41) is 2.03. The van der Waals surface area contributed by atoms with E-state index >= 15 is 0 Å². The summed E-state index contributed by atoms with van der Waals surface area (Å²) in [5.41, 5.74) is -0.586. The van der Waals surface area contributed by atoms with Gasteiger partial charge in [-0.25, -0.2) is 13.2 Å². The topological polar surface area (TPSA) is 88.9 Å². The van der Waals surface area contributed by atoms with Crippen LogP contribution in [0.4, 0.5) is 18.9 Å². The minimum atomic E-state index is -1.73. The Bertz CT molecular complexity index is 932. The number of hydrogen-bond acceptors (Lipinski definition) is 5. The number of nitrogens with one attached hydrogen (secondary N) is 1. The van der Waals surface area contributed by atoms with Crippen LogP contribution < -0.4 is 5.32 Å². The van der Waals surface area contributed by atoms with Crippen LogP contribution >= 0.6 is 0 Å². The standard InChI is InChI=1S/C19H17F3N2O5/c1-10(18(26)23-14-5-4-13(20)16(21)17(14)22)29-19(27)11-7-15(25)24(8-11)9-12-3-2-6-28-12/h2-6,10-11H,7-9H2,1H3,(H,23,26)/t10-,11-/m0/s1. The molecule has 7 nitrogen and oxygen atoms in total. The fourth-order valence-corrected chi connectivity index (χ4v) is 2.85. The van der Waals surface area contributed by atoms with Crippen LogP contribution in [-0.4, -0.2) is 35.3 Å². The highest BCUT2D eigenvalue weighted by molar-refractivity contribution is 5.95. The van der Waals surface area contributed by atoms with Crippen molar-refractivity contribution >= 4 is 23.5 Å². The molecule has 2 aromatic rings. The van der Waals surface area contributed by atoms with Gasteiger partial charge in [-0.1, -0.05) is 0 Å². The molecule has 1 aliphatic heterocycles. The van der Waals surface area contributed by atoms with Gasteiger partial charge in [0.1, 0.15) is 5.76 Å². The van der Waals surface area contributed by atoms with Crippen molar-refractivity contribution in [1.29, 1.82) is 0 Å². The molecule has 2 heterocycles. The molecule has 1 N–H and O–H groups in total. The van der Waals surface area contributed by atoms with Gasteiger partial charge in [0.25, 0.3) is 5.91 Å². The second-order valence-corrected chi connectivity index (χ2v) is 6.55. The van der Waals surface area contributed by atoms with Gasteiger partial charge >= 0.3 is 5.97 Å². The lowest BCUT2D eigenvalue weighted by Gasteiger charge is -2.17. The van der Waals surface area contributed by atoms with Crippen LogP contribution in [0.3, 0.4) is 0 Å². The molecular weight excluding hydrogens is 393 g/mol. The summed E-state index contributed by atoms with van der Waals surface area (Å²) < 4.78 is 50.1. The van der Waals surface area contributed by atoms with Crippen LogP contribution in [0.15, 0.2) is 34.9 Å². The third-order valence-corrected chi connectivity index (χ3v) is 4.43. The summed E-state index contributed by atoms with van der Waals surface area (Å²) in [6, 6.07) is 4.88. The van der Waals surface area contributed by atoms with E-state index in [-0.39, 0.29) is 25.4 Å². The summed E-state index contributed by atoms with van der Waals surface area (Å²) >= 11 is 0. The molecule has 0 bridgehead atoms. The number of ether oxygens (including phenoxy) is 1. The molecule has 154 valence electrons. The highest BCUT2D eigenvalue weighted by Crippen LogP contribution is 2.23. The number of halogens is 3. The van der Waals surface area contributed by atoms with Gasteiger partial charge in [-0.3, -0.25) is 14.4 Å². The monoisotopic (exact) mass is 410 g/mol. The Kier molecular flexibility index (Phi) is 5.90. The lowest BCUT2D eigenvalue weighted by Crippen LogP contribution is -2.33. The first-order valence-corrected chi connectivity index (χ1v) is 8.71. The van der Waals surface area contributed by atoms with Crippen molar-refractivity contribution in [2.24, 2.45) is 5.92 Å². The molecular formula is C19H17F3N2O5. The van der Waals surface area contributed by atoms with Gasteiger partial charge < -0.3 is 19.4 Å². The Labute approximate surface area is 163 Å². The van der Waals surface area contributed by atoms with Gasteiger partial charge in [0, 0.05) is 13.0 Å². The average Bonchev–Trinajstić information content (AvgIpc) is 3.32. The fraction of sp³-hybridized carbons (Fsp3) is 0.316. The molecule has 1 saturated heterocycles. The second-order valence-electron chi connectivity index (χ2n) is 6.55. The zero-order valence-electron chi connectivity index (χ0n) is 15.3. The number of carbonyl (C=O) groups is 3. The molecule has 2 amide bonds. The van der Waals surface area contributed by atoms with E-state index in [2.05, 4.69) is 0 Å². The van der Waals surface area contributed by atoms with Crippen molar-refractivity contribution in [1.82, 2.24) is 4.90 Å². The molecule has 0 saturated carbocycles. The predicted molar refractivity (Wildman–Crippen MR) is 92.7 cm³/mol. The lowest BCUT2D eigenvalue weighted by molar-refractivity contribution is -0.157. The minimum absolute atomic E-state index is 0.0777. The lowest BCUT2D eigenvalue weighted by atomic mass is 10.1. The van der Waals surface area contributed by atoms with E-state index in [9.17, 15) is 27.6 Å². The van der Waals surface area contributed by atoms with Crippen LogP contribution in [0.2, 0.25) is 0 Å². The second kappa shape index (κ2) is 8.38. The molecule has 1 aromatic heterocycles. The predicted octanol–water partition coefficient (Wildman–Crippen LogP) is 2.62. The van der Waals surface area contributed by atoms with Gasteiger partial charge in [-0.2, -0.15) is 0 Å². The molecule has 29 heavy (non-hydrogen) atoms. The molecule has 1 aromatic carbocycles. The van der Waals surface area contributed by atoms with E-state index in [1.54, 1.807) is 12.1 Å². The highest BCUT2D eigenvalue weighted by Gasteiger charge is 2.37. The van der Waals surface area contributed by atoms with Gasteiger partial charge in [-0.05, 0) is 31.2 Å². The smallest absolute Gasteiger partial charge is 0.312 e. The minimum Gasteiger partial charge on any atom is -0.467 e. The van der Waals surface area contributed by atoms with Crippen molar-refractivity contribution in [2.45, 2.75) is 26.0 Å². The summed E-state index contributed by atoms with van der Waals surface area (Å²) in [6.07, 6.45) is 0.0490. The van der Waals surface area contributed by atoms with E-state index in [4.69, 9.17) is 9.15 Å². The van der Waals surface area contributed by atoms with Crippen molar-refractivity contribution in [2.75, 3.05) is 11.9 Å². The van der Waals surface area contributed by atoms with Gasteiger partial charge in [-0.15, -0.1) is 0 Å². The maximum absolute atomic E-state index is 13.6. The van der Waals surface area contributed by atoms with E-state index in [1.165, 1.54) is 18.1 Å². The number of anilines is 1. The van der Waals surface area contributed by atoms with Gasteiger partial charge in [0.05, 0.1) is 24.4 Å². The van der Waals surface area contributed by atoms with Gasteiger partial charge in [0.2, 0.25) is 5.91 Å². The quantitative estimate of drug-likeness (QED) is 0.584. The highest BCUT2D eigenvalue weighted by atomic mass is 19.2. The van der Waals surface area contributed by atoms with Gasteiger partial charge in [0.15, 0.2) is 23.6 Å². The van der Waals surface area contributed by atoms with Crippen LogP contribution in [0.1, 0.15) is 19.1 Å². The normalized spacial score (nSPS) is 17.3. The van der Waals surface area contributed by atoms with Crippen LogP contribution in [0.5, 0.6) is 0 Å². The number of benzene rings is 1. The Morgan fingerprint density at radius 1 is 1.28 bits per heavy atom. The van der Waals surface area contributed by atoms with Crippen LogP contribution in [0, 0.1) is 23.4 Å². The largest absolute Gasteiger partial charge is 0.467 e. The van der Waals surface area contributed by atoms with Crippen molar-refractivity contribution in [3.8, 4) is 0 Å². The number of furan rings is 1. The molecule has 0 radical (unpaired) electrons. The molecule has 10 heteroatoms. The Morgan fingerprint density at radius 3 is 2.72 bits per heavy atom. The number of hydrogen-bond donors (Lipinski definition) is 1. The Hall–Kier alpha value is -3.30. The molecule has 0 unspecified atom stereocenters. The molecule has 0 aliphatic carbocycles. The summed E-state index contributed by atoms with van der Waals surface area (Å²) in [5.74, 6) is -6.86. The first-order valence-electron chi connectivity index (χ1n) is 8.71. The molecule has 1 aliphatic rings. The zero-order valence-corrected chi connectivity index (χ0v) is 15.3. The third kappa shape index (κ3) is 4.58. The average molecular weight is 410 g/mol. The van der Waals surface area contributed by atoms with E-state index in [0.717, 1.165) is 6.07 Å².